The number of hydrogen-bond donors (Lipinski definition) is 2. The summed E-state index contributed by atoms with van der Waals surface area (Å²) in [7, 11) is -3.59. The average molecular weight is 262 g/mol. The number of hydrogen-bond acceptors (Lipinski definition) is 3. The molecule has 5 heteroatoms. The van der Waals surface area contributed by atoms with Gasteiger partial charge in [0.2, 0.25) is 0 Å². The minimum Gasteiger partial charge on any atom is -0.399 e. The number of anilines is 2. The monoisotopic (exact) mass is 262 g/mol. The second kappa shape index (κ2) is 4.70. The predicted octanol–water partition coefficient (Wildman–Crippen LogP) is 2.38. The van der Waals surface area contributed by atoms with E-state index in [1.54, 1.807) is 43.3 Å². The van der Waals surface area contributed by atoms with E-state index in [-0.39, 0.29) is 4.90 Å². The van der Waals surface area contributed by atoms with Crippen LogP contribution in [0.3, 0.4) is 0 Å². The molecule has 0 heterocycles. The van der Waals surface area contributed by atoms with Gasteiger partial charge in [-0.2, -0.15) is 0 Å². The third kappa shape index (κ3) is 2.81. The maximum Gasteiger partial charge on any atom is 0.261 e. The minimum atomic E-state index is -3.59. The summed E-state index contributed by atoms with van der Waals surface area (Å²) in [6.45, 7) is 1.80. The first kappa shape index (κ1) is 12.4. The molecule has 0 aliphatic carbocycles. The molecule has 18 heavy (non-hydrogen) atoms. The molecule has 3 N–H and O–H groups in total. The maximum absolute atomic E-state index is 12.1. The molecule has 0 aromatic heterocycles. The van der Waals surface area contributed by atoms with Crippen molar-refractivity contribution in [2.45, 2.75) is 11.8 Å². The number of benzene rings is 2. The second-order valence-electron chi connectivity index (χ2n) is 4.05. The van der Waals surface area contributed by atoms with Crippen LogP contribution in [0.25, 0.3) is 0 Å². The standard InChI is InChI=1S/C13H14N2O2S/c1-10-7-11(14)9-13(8-10)18(16,17)15-12-5-3-2-4-6-12/h2-9,15H,14H2,1H3. The molecule has 0 bridgehead atoms. The lowest BCUT2D eigenvalue weighted by molar-refractivity contribution is 0.601. The van der Waals surface area contributed by atoms with Crippen molar-refractivity contribution in [3.8, 4) is 0 Å². The lowest BCUT2D eigenvalue weighted by Crippen LogP contribution is -2.13. The largest absolute Gasteiger partial charge is 0.399 e. The Hall–Kier alpha value is -2.01. The predicted molar refractivity (Wildman–Crippen MR) is 72.8 cm³/mol. The average Bonchev–Trinajstić information content (AvgIpc) is 2.28. The molecule has 94 valence electrons. The molecule has 2 rings (SSSR count). The Bertz CT molecular complexity index is 632. The lowest BCUT2D eigenvalue weighted by atomic mass is 10.2. The van der Waals surface area contributed by atoms with Crippen LogP contribution in [0.1, 0.15) is 5.56 Å². The zero-order valence-electron chi connectivity index (χ0n) is 9.92. The Morgan fingerprint density at radius 3 is 2.33 bits per heavy atom. The number of rotatable bonds is 3. The summed E-state index contributed by atoms with van der Waals surface area (Å²) < 4.78 is 26.8. The van der Waals surface area contributed by atoms with Gasteiger partial charge in [0.1, 0.15) is 0 Å². The zero-order chi connectivity index (χ0) is 13.2. The molecular weight excluding hydrogens is 248 g/mol. The van der Waals surface area contributed by atoms with Crippen molar-refractivity contribution in [2.75, 3.05) is 10.5 Å². The van der Waals surface area contributed by atoms with Gasteiger partial charge in [0.25, 0.3) is 10.0 Å². The molecule has 0 amide bonds. The van der Waals surface area contributed by atoms with Gasteiger partial charge in [-0.15, -0.1) is 0 Å². The summed E-state index contributed by atoms with van der Waals surface area (Å²) in [6, 6.07) is 13.5. The number of sulfonamides is 1. The van der Waals surface area contributed by atoms with Crippen molar-refractivity contribution in [1.82, 2.24) is 0 Å². The first-order valence-corrected chi connectivity index (χ1v) is 6.91. The van der Waals surface area contributed by atoms with Gasteiger partial charge in [-0.3, -0.25) is 4.72 Å². The van der Waals surface area contributed by atoms with Gasteiger partial charge in [0.05, 0.1) is 4.90 Å². The lowest BCUT2D eigenvalue weighted by Gasteiger charge is -2.09. The molecule has 2 aromatic carbocycles. The molecule has 2 aromatic rings. The van der Waals surface area contributed by atoms with E-state index in [2.05, 4.69) is 4.72 Å². The fourth-order valence-corrected chi connectivity index (χ4v) is 2.85. The molecule has 0 atom stereocenters. The van der Waals surface area contributed by atoms with E-state index in [4.69, 9.17) is 5.73 Å². The van der Waals surface area contributed by atoms with E-state index in [0.717, 1.165) is 5.56 Å². The highest BCUT2D eigenvalue weighted by molar-refractivity contribution is 7.92. The summed E-state index contributed by atoms with van der Waals surface area (Å²) in [6.07, 6.45) is 0. The van der Waals surface area contributed by atoms with Crippen LogP contribution in [-0.4, -0.2) is 8.42 Å². The van der Waals surface area contributed by atoms with Crippen LogP contribution in [0.4, 0.5) is 11.4 Å². The highest BCUT2D eigenvalue weighted by Crippen LogP contribution is 2.19. The van der Waals surface area contributed by atoms with Crippen LogP contribution in [0, 0.1) is 6.92 Å². The van der Waals surface area contributed by atoms with Crippen molar-refractivity contribution in [1.29, 1.82) is 0 Å². The van der Waals surface area contributed by atoms with Gasteiger partial charge in [-0.25, -0.2) is 8.42 Å². The van der Waals surface area contributed by atoms with E-state index in [1.807, 2.05) is 6.07 Å². The normalized spacial score (nSPS) is 11.2. The molecule has 0 radical (unpaired) electrons. The van der Waals surface area contributed by atoms with Gasteiger partial charge >= 0.3 is 0 Å². The third-order valence-electron chi connectivity index (χ3n) is 2.41. The summed E-state index contributed by atoms with van der Waals surface area (Å²) in [4.78, 5) is 0.170. The molecule has 0 unspecified atom stereocenters. The SMILES string of the molecule is Cc1cc(N)cc(S(=O)(=O)Nc2ccccc2)c1. The van der Waals surface area contributed by atoms with Crippen molar-refractivity contribution >= 4 is 21.4 Å². The van der Waals surface area contributed by atoms with Gasteiger partial charge in [-0.1, -0.05) is 18.2 Å². The summed E-state index contributed by atoms with van der Waals surface area (Å²) >= 11 is 0. The Balaban J connectivity index is 2.37. The van der Waals surface area contributed by atoms with Crippen LogP contribution in [0.5, 0.6) is 0 Å². The van der Waals surface area contributed by atoms with E-state index < -0.39 is 10.0 Å². The zero-order valence-corrected chi connectivity index (χ0v) is 10.7. The number of aryl methyl sites for hydroxylation is 1. The van der Waals surface area contributed by atoms with E-state index in [0.29, 0.717) is 11.4 Å². The number of nitrogen functional groups attached to an aromatic ring is 1. The van der Waals surface area contributed by atoms with Gasteiger partial charge in [-0.05, 0) is 42.8 Å². The number of nitrogens with two attached hydrogens (primary N) is 1. The van der Waals surface area contributed by atoms with Crippen LogP contribution >= 0.6 is 0 Å². The van der Waals surface area contributed by atoms with Crippen molar-refractivity contribution < 1.29 is 8.42 Å². The fraction of sp³-hybridized carbons (Fsp3) is 0.0769. The Morgan fingerprint density at radius 2 is 1.72 bits per heavy atom. The molecule has 0 saturated carbocycles. The molecular formula is C13H14N2O2S. The Morgan fingerprint density at radius 1 is 1.06 bits per heavy atom. The fourth-order valence-electron chi connectivity index (χ4n) is 1.65. The highest BCUT2D eigenvalue weighted by atomic mass is 32.2. The van der Waals surface area contributed by atoms with Crippen LogP contribution in [0.15, 0.2) is 53.4 Å². The van der Waals surface area contributed by atoms with Crippen molar-refractivity contribution in [2.24, 2.45) is 0 Å². The Labute approximate surface area is 107 Å². The maximum atomic E-state index is 12.1. The minimum absolute atomic E-state index is 0.170. The third-order valence-corrected chi connectivity index (χ3v) is 3.77. The van der Waals surface area contributed by atoms with E-state index >= 15 is 0 Å². The number of nitrogens with one attached hydrogen (secondary N) is 1. The second-order valence-corrected chi connectivity index (χ2v) is 5.73. The van der Waals surface area contributed by atoms with Crippen LogP contribution in [-0.2, 0) is 10.0 Å². The smallest absolute Gasteiger partial charge is 0.261 e. The molecule has 4 nitrogen and oxygen atoms in total. The Kier molecular flexibility index (Phi) is 3.25. The van der Waals surface area contributed by atoms with Gasteiger partial charge in [0.15, 0.2) is 0 Å². The molecule has 0 fully saturated rings. The molecule has 0 saturated heterocycles. The number of para-hydroxylation sites is 1. The molecule has 0 aliphatic rings. The first-order chi connectivity index (χ1) is 8.47. The van der Waals surface area contributed by atoms with Crippen LogP contribution < -0.4 is 10.5 Å². The summed E-state index contributed by atoms with van der Waals surface area (Å²) in [5, 5.41) is 0. The van der Waals surface area contributed by atoms with E-state index in [9.17, 15) is 8.42 Å². The van der Waals surface area contributed by atoms with Crippen molar-refractivity contribution in [3.63, 3.8) is 0 Å². The topological polar surface area (TPSA) is 72.2 Å². The summed E-state index contributed by atoms with van der Waals surface area (Å²) in [5.74, 6) is 0. The van der Waals surface area contributed by atoms with Gasteiger partial charge < -0.3 is 5.73 Å². The van der Waals surface area contributed by atoms with Gasteiger partial charge in [0, 0.05) is 11.4 Å². The molecule has 0 spiro atoms. The van der Waals surface area contributed by atoms with Crippen LogP contribution in [0.2, 0.25) is 0 Å². The highest BCUT2D eigenvalue weighted by Gasteiger charge is 2.14. The van der Waals surface area contributed by atoms with Crippen molar-refractivity contribution in [3.05, 3.63) is 54.1 Å². The quantitative estimate of drug-likeness (QED) is 0.834. The first-order valence-electron chi connectivity index (χ1n) is 5.42. The van der Waals surface area contributed by atoms with E-state index in [1.165, 1.54) is 6.07 Å². The molecule has 0 aliphatic heterocycles. The summed E-state index contributed by atoms with van der Waals surface area (Å²) in [5.41, 5.74) is 7.43.